The van der Waals surface area contributed by atoms with Crippen LogP contribution in [0.3, 0.4) is 0 Å². The molecule has 1 aromatic carbocycles. The van der Waals surface area contributed by atoms with Crippen LogP contribution in [0.5, 0.6) is 0 Å². The van der Waals surface area contributed by atoms with E-state index in [2.05, 4.69) is 10.3 Å². The maximum atomic E-state index is 13.4. The van der Waals surface area contributed by atoms with Crippen LogP contribution in [0.25, 0.3) is 0 Å². The SMILES string of the molecule is Cn1ccnc1[C@H](NC(=O)[C@@H]1CC(=O)N(C2CCCC2)C1)c1ccc(F)cc1. The lowest BCUT2D eigenvalue weighted by Crippen LogP contribution is -2.38. The quantitative estimate of drug-likeness (QED) is 0.862. The molecule has 1 aromatic heterocycles. The first-order valence-electron chi connectivity index (χ1n) is 9.85. The van der Waals surface area contributed by atoms with Gasteiger partial charge in [-0.1, -0.05) is 25.0 Å². The fourth-order valence-electron chi connectivity index (χ4n) is 4.34. The summed E-state index contributed by atoms with van der Waals surface area (Å²) in [6.07, 6.45) is 8.09. The summed E-state index contributed by atoms with van der Waals surface area (Å²) < 4.78 is 15.2. The largest absolute Gasteiger partial charge is 0.342 e. The molecule has 6 nitrogen and oxygen atoms in total. The van der Waals surface area contributed by atoms with Gasteiger partial charge in [0, 0.05) is 38.4 Å². The lowest BCUT2D eigenvalue weighted by Gasteiger charge is -2.24. The Morgan fingerprint density at radius 3 is 2.61 bits per heavy atom. The van der Waals surface area contributed by atoms with Gasteiger partial charge in [-0.2, -0.15) is 0 Å². The number of aryl methyl sites for hydroxylation is 1. The van der Waals surface area contributed by atoms with Crippen molar-refractivity contribution in [1.29, 1.82) is 0 Å². The molecule has 7 heteroatoms. The van der Waals surface area contributed by atoms with E-state index < -0.39 is 6.04 Å². The number of benzene rings is 1. The maximum Gasteiger partial charge on any atom is 0.226 e. The lowest BCUT2D eigenvalue weighted by atomic mass is 10.0. The van der Waals surface area contributed by atoms with E-state index in [9.17, 15) is 14.0 Å². The monoisotopic (exact) mass is 384 g/mol. The molecule has 1 aliphatic carbocycles. The van der Waals surface area contributed by atoms with Gasteiger partial charge in [-0.15, -0.1) is 0 Å². The molecule has 2 fully saturated rings. The molecule has 148 valence electrons. The zero-order valence-electron chi connectivity index (χ0n) is 16.0. The van der Waals surface area contributed by atoms with Gasteiger partial charge in [-0.25, -0.2) is 9.37 Å². The minimum absolute atomic E-state index is 0.0716. The fourth-order valence-corrected chi connectivity index (χ4v) is 4.34. The molecule has 0 spiro atoms. The number of likely N-dealkylation sites (tertiary alicyclic amines) is 1. The Bertz CT molecular complexity index is 858. The third-order valence-electron chi connectivity index (χ3n) is 5.90. The smallest absolute Gasteiger partial charge is 0.226 e. The summed E-state index contributed by atoms with van der Waals surface area (Å²) in [5.41, 5.74) is 0.751. The molecule has 1 aliphatic heterocycles. The Balaban J connectivity index is 1.52. The van der Waals surface area contributed by atoms with Crippen molar-refractivity contribution < 1.29 is 14.0 Å². The number of amides is 2. The van der Waals surface area contributed by atoms with Crippen LogP contribution in [-0.4, -0.2) is 38.9 Å². The normalized spacial score (nSPS) is 21.3. The van der Waals surface area contributed by atoms with Gasteiger partial charge < -0.3 is 14.8 Å². The van der Waals surface area contributed by atoms with E-state index in [1.54, 1.807) is 24.5 Å². The van der Waals surface area contributed by atoms with Crippen LogP contribution in [0, 0.1) is 11.7 Å². The zero-order valence-corrected chi connectivity index (χ0v) is 16.0. The van der Waals surface area contributed by atoms with Crippen molar-refractivity contribution in [3.8, 4) is 0 Å². The number of rotatable bonds is 5. The fraction of sp³-hybridized carbons (Fsp3) is 0.476. The zero-order chi connectivity index (χ0) is 19.7. The molecule has 2 aromatic rings. The minimum Gasteiger partial charge on any atom is -0.342 e. The Kier molecular flexibility index (Phi) is 5.15. The van der Waals surface area contributed by atoms with E-state index >= 15 is 0 Å². The van der Waals surface area contributed by atoms with E-state index in [1.165, 1.54) is 12.1 Å². The summed E-state index contributed by atoms with van der Waals surface area (Å²) >= 11 is 0. The molecule has 4 rings (SSSR count). The van der Waals surface area contributed by atoms with E-state index in [-0.39, 0.29) is 36.0 Å². The van der Waals surface area contributed by atoms with Crippen LogP contribution in [-0.2, 0) is 16.6 Å². The summed E-state index contributed by atoms with van der Waals surface area (Å²) in [7, 11) is 1.85. The van der Waals surface area contributed by atoms with Gasteiger partial charge in [-0.05, 0) is 30.5 Å². The molecule has 28 heavy (non-hydrogen) atoms. The van der Waals surface area contributed by atoms with Crippen LogP contribution in [0.4, 0.5) is 4.39 Å². The Hall–Kier alpha value is -2.70. The molecule has 2 atom stereocenters. The highest BCUT2D eigenvalue weighted by Crippen LogP contribution is 2.30. The summed E-state index contributed by atoms with van der Waals surface area (Å²) in [6, 6.07) is 5.84. The molecule has 2 amide bonds. The third-order valence-corrected chi connectivity index (χ3v) is 5.90. The van der Waals surface area contributed by atoms with Crippen LogP contribution in [0.2, 0.25) is 0 Å². The molecule has 2 aliphatic rings. The van der Waals surface area contributed by atoms with Gasteiger partial charge in [0.25, 0.3) is 0 Å². The average molecular weight is 384 g/mol. The molecule has 0 radical (unpaired) electrons. The number of aromatic nitrogens is 2. The van der Waals surface area contributed by atoms with Crippen LogP contribution < -0.4 is 5.32 Å². The molecule has 0 unspecified atom stereocenters. The molecule has 2 heterocycles. The number of nitrogens with one attached hydrogen (secondary N) is 1. The lowest BCUT2D eigenvalue weighted by molar-refractivity contribution is -0.130. The second-order valence-electron chi connectivity index (χ2n) is 7.77. The molecular formula is C21H25FN4O2. The van der Waals surface area contributed by atoms with Crippen molar-refractivity contribution in [1.82, 2.24) is 19.8 Å². The number of hydrogen-bond acceptors (Lipinski definition) is 3. The highest BCUT2D eigenvalue weighted by Gasteiger charge is 2.39. The third kappa shape index (κ3) is 3.66. The highest BCUT2D eigenvalue weighted by atomic mass is 19.1. The van der Waals surface area contributed by atoms with Crippen molar-refractivity contribution in [3.63, 3.8) is 0 Å². The maximum absolute atomic E-state index is 13.4. The molecule has 0 bridgehead atoms. The highest BCUT2D eigenvalue weighted by molar-refractivity contribution is 5.89. The van der Waals surface area contributed by atoms with Gasteiger partial charge in [0.05, 0.1) is 5.92 Å². The Labute approximate surface area is 163 Å². The second kappa shape index (κ2) is 7.73. The number of carbonyl (C=O) groups is 2. The first-order chi connectivity index (χ1) is 13.5. The van der Waals surface area contributed by atoms with Gasteiger partial charge in [0.2, 0.25) is 11.8 Å². The van der Waals surface area contributed by atoms with Crippen LogP contribution >= 0.6 is 0 Å². The van der Waals surface area contributed by atoms with Crippen molar-refractivity contribution in [2.24, 2.45) is 13.0 Å². The molecule has 1 saturated heterocycles. The second-order valence-corrected chi connectivity index (χ2v) is 7.77. The van der Waals surface area contributed by atoms with Crippen molar-refractivity contribution in [2.75, 3.05) is 6.54 Å². The van der Waals surface area contributed by atoms with Gasteiger partial charge in [-0.3, -0.25) is 9.59 Å². The van der Waals surface area contributed by atoms with Crippen LogP contribution in [0.1, 0.15) is 49.5 Å². The number of halogens is 1. The Morgan fingerprint density at radius 2 is 1.96 bits per heavy atom. The molecule has 1 saturated carbocycles. The van der Waals surface area contributed by atoms with Crippen molar-refractivity contribution in [3.05, 3.63) is 53.9 Å². The number of nitrogens with zero attached hydrogens (tertiary/aromatic N) is 3. The topological polar surface area (TPSA) is 67.2 Å². The summed E-state index contributed by atoms with van der Waals surface area (Å²) in [5, 5.41) is 3.05. The molecular weight excluding hydrogens is 359 g/mol. The van der Waals surface area contributed by atoms with E-state index in [4.69, 9.17) is 0 Å². The van der Waals surface area contributed by atoms with Gasteiger partial charge in [0.1, 0.15) is 17.7 Å². The summed E-state index contributed by atoms with van der Waals surface area (Å²) in [4.78, 5) is 31.7. The summed E-state index contributed by atoms with van der Waals surface area (Å²) in [6.45, 7) is 0.478. The number of hydrogen-bond donors (Lipinski definition) is 1. The Morgan fingerprint density at radius 1 is 1.25 bits per heavy atom. The molecule has 1 N–H and O–H groups in total. The average Bonchev–Trinajstić information content (AvgIpc) is 3.41. The van der Waals surface area contributed by atoms with Crippen molar-refractivity contribution in [2.45, 2.75) is 44.2 Å². The van der Waals surface area contributed by atoms with Crippen LogP contribution in [0.15, 0.2) is 36.7 Å². The van der Waals surface area contributed by atoms with Gasteiger partial charge in [0.15, 0.2) is 0 Å². The van der Waals surface area contributed by atoms with Gasteiger partial charge >= 0.3 is 0 Å². The standard InChI is InChI=1S/C21H25FN4O2/c1-25-11-10-23-20(25)19(14-6-8-16(22)9-7-14)24-21(28)15-12-18(27)26(13-15)17-4-2-3-5-17/h6-11,15,17,19H,2-5,12-13H2,1H3,(H,24,28)/t15-,19-/m1/s1. The van der Waals surface area contributed by atoms with Crippen molar-refractivity contribution >= 4 is 11.8 Å². The number of imidazole rings is 1. The van der Waals surface area contributed by atoms with E-state index in [1.807, 2.05) is 16.5 Å². The predicted octanol–water partition coefficient (Wildman–Crippen LogP) is 2.56. The van der Waals surface area contributed by atoms with E-state index in [0.29, 0.717) is 12.4 Å². The number of carbonyl (C=O) groups excluding carboxylic acids is 2. The first-order valence-corrected chi connectivity index (χ1v) is 9.85. The minimum atomic E-state index is -0.497. The summed E-state index contributed by atoms with van der Waals surface area (Å²) in [5.74, 6) is -0.121. The first kappa shape index (κ1) is 18.7. The predicted molar refractivity (Wildman–Crippen MR) is 102 cm³/mol. The van der Waals surface area contributed by atoms with E-state index in [0.717, 1.165) is 31.2 Å².